The summed E-state index contributed by atoms with van der Waals surface area (Å²) < 4.78 is -0.762. The van der Waals surface area contributed by atoms with Crippen LogP contribution in [0, 0.1) is 0 Å². The highest BCUT2D eigenvalue weighted by Crippen LogP contribution is 1.89. The van der Waals surface area contributed by atoms with E-state index < -0.39 is 35.0 Å². The smallest absolute Gasteiger partial charge is 0.322 e. The molecule has 0 bridgehead atoms. The fraction of sp³-hybridized carbons (Fsp3) is 0.200. The Morgan fingerprint density at radius 2 is 0.778 bits per heavy atom. The molecule has 0 amide bonds. The van der Waals surface area contributed by atoms with Gasteiger partial charge in [-0.2, -0.15) is 0 Å². The lowest BCUT2D eigenvalue weighted by Gasteiger charge is -2.12. The maximum absolute atomic E-state index is 12.2. The van der Waals surface area contributed by atoms with E-state index in [-0.39, 0.29) is 30.9 Å². The van der Waals surface area contributed by atoms with Gasteiger partial charge in [0, 0.05) is 16.7 Å². The Labute approximate surface area is 150 Å². The molecule has 12 heteroatoms. The van der Waals surface area contributed by atoms with E-state index >= 15 is 0 Å². The molecule has 0 saturated heterocycles. The second-order valence-corrected chi connectivity index (χ2v) is 5.21. The summed E-state index contributed by atoms with van der Waals surface area (Å²) in [5, 5.41) is 0. The lowest BCUT2D eigenvalue weighted by atomic mass is 10.4. The number of carbonyl (C=O) groups excluding carboxylic acids is 3. The Bertz CT molecular complexity index is 888. The molecule has 0 aliphatic carbocycles. The van der Waals surface area contributed by atoms with Crippen LogP contribution in [0.15, 0.2) is 50.8 Å². The summed E-state index contributed by atoms with van der Waals surface area (Å²) in [6.07, 6.45) is 0. The Hall–Kier alpha value is -3.96. The highest BCUT2D eigenvalue weighted by Gasteiger charge is 2.24. The van der Waals surface area contributed by atoms with Gasteiger partial charge in [-0.15, -0.1) is 0 Å². The van der Waals surface area contributed by atoms with Gasteiger partial charge in [-0.05, 0) is 20.8 Å². The molecule has 0 aliphatic rings. The molecule has 1 aromatic rings. The Morgan fingerprint density at radius 1 is 0.593 bits per heavy atom. The van der Waals surface area contributed by atoms with Crippen LogP contribution < -0.4 is 31.6 Å². The van der Waals surface area contributed by atoms with Crippen molar-refractivity contribution < 1.29 is 28.9 Å². The molecule has 144 valence electrons. The first-order chi connectivity index (χ1) is 12.4. The van der Waals surface area contributed by atoms with Gasteiger partial charge in [-0.1, -0.05) is 33.9 Å². The predicted molar refractivity (Wildman–Crippen MR) is 88.4 cm³/mol. The van der Waals surface area contributed by atoms with Crippen molar-refractivity contribution in [3.8, 4) is 0 Å². The van der Waals surface area contributed by atoms with Crippen molar-refractivity contribution in [2.75, 3.05) is 0 Å². The number of hydrogen-bond donors (Lipinski definition) is 0. The summed E-state index contributed by atoms with van der Waals surface area (Å²) in [6.45, 7) is 13.4. The zero-order valence-corrected chi connectivity index (χ0v) is 14.6. The van der Waals surface area contributed by atoms with Crippen molar-refractivity contribution in [3.05, 3.63) is 67.9 Å². The Kier molecular flexibility index (Phi) is 6.21. The van der Waals surface area contributed by atoms with Crippen molar-refractivity contribution in [1.29, 1.82) is 0 Å². The molecule has 0 aromatic carbocycles. The molecule has 12 nitrogen and oxygen atoms in total. The van der Waals surface area contributed by atoms with Crippen molar-refractivity contribution in [2.45, 2.75) is 20.8 Å². The highest BCUT2D eigenvalue weighted by atomic mass is 16.8. The van der Waals surface area contributed by atoms with E-state index in [2.05, 4.69) is 34.2 Å². The third kappa shape index (κ3) is 4.56. The molecule has 1 heterocycles. The predicted octanol–water partition coefficient (Wildman–Crippen LogP) is -2.23. The molecule has 0 atom stereocenters. The second-order valence-electron chi connectivity index (χ2n) is 5.21. The van der Waals surface area contributed by atoms with Gasteiger partial charge in [-0.25, -0.2) is 28.8 Å². The molecule has 27 heavy (non-hydrogen) atoms. The van der Waals surface area contributed by atoms with Gasteiger partial charge in [-0.3, -0.25) is 0 Å². The summed E-state index contributed by atoms with van der Waals surface area (Å²) in [6, 6.07) is 0. The Balaban J connectivity index is 3.74. The zero-order chi connectivity index (χ0) is 21.0. The first-order valence-electron chi connectivity index (χ1n) is 7.04. The van der Waals surface area contributed by atoms with Gasteiger partial charge in [0.15, 0.2) is 0 Å². The van der Waals surface area contributed by atoms with E-state index in [1.165, 1.54) is 20.8 Å². The van der Waals surface area contributed by atoms with Crippen LogP contribution in [0.3, 0.4) is 0 Å². The van der Waals surface area contributed by atoms with E-state index in [0.717, 1.165) is 0 Å². The SMILES string of the molecule is C=C(C)C(=O)On1c(=O)n(OC(=O)C(=C)C)c(=O)n(OC(=O)C(=C)C)c1=O. The van der Waals surface area contributed by atoms with Crippen molar-refractivity contribution in [2.24, 2.45) is 0 Å². The van der Waals surface area contributed by atoms with E-state index in [1.807, 2.05) is 0 Å². The summed E-state index contributed by atoms with van der Waals surface area (Å²) in [5.41, 5.74) is -5.58. The second kappa shape index (κ2) is 7.95. The molecule has 0 N–H and O–H groups in total. The molecule has 0 aliphatic heterocycles. The lowest BCUT2D eigenvalue weighted by molar-refractivity contribution is -0.148. The molecular weight excluding hydrogens is 366 g/mol. The molecule has 0 unspecified atom stereocenters. The third-order valence-corrected chi connectivity index (χ3v) is 2.61. The first kappa shape index (κ1) is 21.1. The van der Waals surface area contributed by atoms with Crippen LogP contribution in [0.4, 0.5) is 0 Å². The number of nitrogens with zero attached hydrogens (tertiary/aromatic N) is 3. The summed E-state index contributed by atoms with van der Waals surface area (Å²) in [7, 11) is 0. The summed E-state index contributed by atoms with van der Waals surface area (Å²) in [5.74, 6) is -3.66. The lowest BCUT2D eigenvalue weighted by Crippen LogP contribution is -2.61. The fourth-order valence-electron chi connectivity index (χ4n) is 1.21. The first-order valence-corrected chi connectivity index (χ1v) is 7.04. The van der Waals surface area contributed by atoms with Crippen molar-refractivity contribution in [1.82, 2.24) is 14.2 Å². The maximum atomic E-state index is 12.2. The topological polar surface area (TPSA) is 145 Å². The monoisotopic (exact) mass is 381 g/mol. The minimum atomic E-state index is -1.66. The maximum Gasteiger partial charge on any atom is 0.405 e. The van der Waals surface area contributed by atoms with Gasteiger partial charge >= 0.3 is 35.0 Å². The molecule has 1 rings (SSSR count). The highest BCUT2D eigenvalue weighted by molar-refractivity contribution is 5.88. The van der Waals surface area contributed by atoms with Crippen LogP contribution in [0.25, 0.3) is 0 Å². The van der Waals surface area contributed by atoms with Crippen molar-refractivity contribution in [3.63, 3.8) is 0 Å². The molecular formula is C15H15N3O9. The van der Waals surface area contributed by atoms with Crippen molar-refractivity contribution >= 4 is 17.9 Å². The van der Waals surface area contributed by atoms with Gasteiger partial charge in [0.05, 0.1) is 0 Å². The largest absolute Gasteiger partial charge is 0.405 e. The van der Waals surface area contributed by atoms with Crippen LogP contribution in [-0.4, -0.2) is 32.1 Å². The van der Waals surface area contributed by atoms with E-state index in [0.29, 0.717) is 0 Å². The number of carbonyl (C=O) groups is 3. The summed E-state index contributed by atoms with van der Waals surface area (Å²) >= 11 is 0. The zero-order valence-electron chi connectivity index (χ0n) is 14.6. The van der Waals surface area contributed by atoms with Crippen LogP contribution in [-0.2, 0) is 14.4 Å². The third-order valence-electron chi connectivity index (χ3n) is 2.61. The number of hydrogen-bond acceptors (Lipinski definition) is 9. The van der Waals surface area contributed by atoms with Gasteiger partial charge in [0.25, 0.3) is 0 Å². The molecule has 0 fully saturated rings. The Morgan fingerprint density at radius 3 is 0.926 bits per heavy atom. The quantitative estimate of drug-likeness (QED) is 0.500. The average molecular weight is 381 g/mol. The van der Waals surface area contributed by atoms with Crippen LogP contribution in [0.1, 0.15) is 20.8 Å². The van der Waals surface area contributed by atoms with Gasteiger partial charge in [0.1, 0.15) is 0 Å². The van der Waals surface area contributed by atoms with Crippen LogP contribution >= 0.6 is 0 Å². The minimum absolute atomic E-state index is 0.205. The summed E-state index contributed by atoms with van der Waals surface area (Å²) in [4.78, 5) is 85.1. The van der Waals surface area contributed by atoms with Crippen LogP contribution in [0.5, 0.6) is 0 Å². The molecule has 1 aromatic heterocycles. The standard InChI is InChI=1S/C15H15N3O9/c1-7(2)10(19)25-16-13(22)17(26-11(20)8(3)4)15(24)18(14(16)23)27-12(21)9(5)6/h1,3,5H2,2,4,6H3. The van der Waals surface area contributed by atoms with E-state index in [4.69, 9.17) is 0 Å². The van der Waals surface area contributed by atoms with Crippen LogP contribution in [0.2, 0.25) is 0 Å². The van der Waals surface area contributed by atoms with Gasteiger partial charge in [0.2, 0.25) is 0 Å². The number of rotatable bonds is 6. The van der Waals surface area contributed by atoms with Gasteiger partial charge < -0.3 is 14.5 Å². The molecule has 0 radical (unpaired) electrons. The molecule has 0 saturated carbocycles. The normalized spacial score (nSPS) is 9.89. The molecule has 0 spiro atoms. The number of aromatic nitrogens is 3. The fourth-order valence-corrected chi connectivity index (χ4v) is 1.21. The van der Waals surface area contributed by atoms with E-state index in [1.54, 1.807) is 0 Å². The minimum Gasteiger partial charge on any atom is -0.322 e. The van der Waals surface area contributed by atoms with E-state index in [9.17, 15) is 28.8 Å². The average Bonchev–Trinajstić information content (AvgIpc) is 2.58.